The zero-order valence-corrected chi connectivity index (χ0v) is 11.9. The van der Waals surface area contributed by atoms with Crippen LogP contribution in [0.3, 0.4) is 0 Å². The number of carbonyl (C=O) groups excluding carboxylic acids is 1. The van der Waals surface area contributed by atoms with Gasteiger partial charge in [-0.3, -0.25) is 0 Å². The van der Waals surface area contributed by atoms with Crippen molar-refractivity contribution in [3.8, 4) is 0 Å². The lowest BCUT2D eigenvalue weighted by Gasteiger charge is -2.23. The summed E-state index contributed by atoms with van der Waals surface area (Å²) >= 11 is 1.53. The summed E-state index contributed by atoms with van der Waals surface area (Å²) < 4.78 is 2.17. The molecule has 6 nitrogen and oxygen atoms in total. The van der Waals surface area contributed by atoms with Gasteiger partial charge >= 0.3 is 6.03 Å². The lowest BCUT2D eigenvalue weighted by molar-refractivity contribution is 0.236. The van der Waals surface area contributed by atoms with Crippen molar-refractivity contribution in [1.82, 2.24) is 25.2 Å². The molecule has 0 fully saturated rings. The molecular formula is C13H17N5OS. The molecule has 0 unspecified atom stereocenters. The third-order valence-corrected chi connectivity index (χ3v) is 4.13. The lowest BCUT2D eigenvalue weighted by Crippen LogP contribution is -2.39. The number of urea groups is 1. The van der Waals surface area contributed by atoms with Gasteiger partial charge < -0.3 is 15.2 Å². The van der Waals surface area contributed by atoms with Crippen LogP contribution >= 0.6 is 11.3 Å². The van der Waals surface area contributed by atoms with Crippen molar-refractivity contribution >= 4 is 17.4 Å². The van der Waals surface area contributed by atoms with Crippen LogP contribution in [0.1, 0.15) is 17.9 Å². The van der Waals surface area contributed by atoms with Crippen molar-refractivity contribution < 1.29 is 4.79 Å². The summed E-state index contributed by atoms with van der Waals surface area (Å²) in [6.45, 7) is 2.11. The van der Waals surface area contributed by atoms with Crippen LogP contribution in [-0.4, -0.2) is 27.1 Å². The summed E-state index contributed by atoms with van der Waals surface area (Å²) in [5, 5.41) is 7.68. The molecule has 0 aliphatic carbocycles. The summed E-state index contributed by atoms with van der Waals surface area (Å²) in [6.07, 6.45) is 5.90. The molecule has 3 heterocycles. The molecule has 0 bridgehead atoms. The highest BCUT2D eigenvalue weighted by Crippen LogP contribution is 2.17. The SMILES string of the molecule is O=C(NCc1cscn1)NC[C@@H]1CCc2nccn2C1. The van der Waals surface area contributed by atoms with Gasteiger partial charge in [-0.1, -0.05) is 0 Å². The summed E-state index contributed by atoms with van der Waals surface area (Å²) in [7, 11) is 0. The Hall–Kier alpha value is -1.89. The van der Waals surface area contributed by atoms with E-state index in [2.05, 4.69) is 25.2 Å². The van der Waals surface area contributed by atoms with E-state index in [4.69, 9.17) is 0 Å². The highest BCUT2D eigenvalue weighted by molar-refractivity contribution is 7.07. The average molecular weight is 291 g/mol. The van der Waals surface area contributed by atoms with Gasteiger partial charge in [-0.2, -0.15) is 0 Å². The van der Waals surface area contributed by atoms with Gasteiger partial charge in [0.05, 0.1) is 17.7 Å². The highest BCUT2D eigenvalue weighted by atomic mass is 32.1. The molecule has 0 spiro atoms. The van der Waals surface area contributed by atoms with Gasteiger partial charge in [0.15, 0.2) is 0 Å². The van der Waals surface area contributed by atoms with E-state index >= 15 is 0 Å². The quantitative estimate of drug-likeness (QED) is 0.894. The first-order valence-corrected chi connectivity index (χ1v) is 7.64. The predicted molar refractivity (Wildman–Crippen MR) is 76.4 cm³/mol. The number of nitrogens with zero attached hydrogens (tertiary/aromatic N) is 3. The lowest BCUT2D eigenvalue weighted by atomic mass is 9.99. The number of rotatable bonds is 4. The maximum absolute atomic E-state index is 11.7. The minimum absolute atomic E-state index is 0.130. The van der Waals surface area contributed by atoms with Crippen molar-refractivity contribution in [3.63, 3.8) is 0 Å². The van der Waals surface area contributed by atoms with Gasteiger partial charge in [-0.25, -0.2) is 14.8 Å². The predicted octanol–water partition coefficient (Wildman–Crippen LogP) is 1.40. The summed E-state index contributed by atoms with van der Waals surface area (Å²) in [4.78, 5) is 20.1. The van der Waals surface area contributed by atoms with Crippen LogP contribution < -0.4 is 10.6 Å². The first-order valence-electron chi connectivity index (χ1n) is 6.70. The van der Waals surface area contributed by atoms with Crippen molar-refractivity contribution in [3.05, 3.63) is 34.8 Å². The van der Waals surface area contributed by atoms with Gasteiger partial charge in [0, 0.05) is 37.3 Å². The number of thiazole rings is 1. The first kappa shape index (κ1) is 13.1. The summed E-state index contributed by atoms with van der Waals surface area (Å²) in [5.74, 6) is 1.62. The number of amides is 2. The van der Waals surface area contributed by atoms with Gasteiger partial charge in [0.2, 0.25) is 0 Å². The van der Waals surface area contributed by atoms with Crippen LogP contribution in [0.15, 0.2) is 23.3 Å². The van der Waals surface area contributed by atoms with E-state index in [1.807, 2.05) is 17.8 Å². The van der Waals surface area contributed by atoms with Gasteiger partial charge in [-0.05, 0) is 12.3 Å². The van der Waals surface area contributed by atoms with Crippen molar-refractivity contribution in [2.75, 3.05) is 6.54 Å². The van der Waals surface area contributed by atoms with Crippen molar-refractivity contribution in [2.24, 2.45) is 5.92 Å². The number of aryl methyl sites for hydroxylation is 1. The second-order valence-corrected chi connectivity index (χ2v) is 5.66. The molecule has 1 aliphatic rings. The fraction of sp³-hybridized carbons (Fsp3) is 0.462. The zero-order chi connectivity index (χ0) is 13.8. The van der Waals surface area contributed by atoms with E-state index in [9.17, 15) is 4.79 Å². The fourth-order valence-electron chi connectivity index (χ4n) is 2.40. The van der Waals surface area contributed by atoms with Gasteiger partial charge in [0.25, 0.3) is 0 Å². The van der Waals surface area contributed by atoms with Crippen molar-refractivity contribution in [2.45, 2.75) is 25.9 Å². The molecule has 7 heteroatoms. The number of hydrogen-bond donors (Lipinski definition) is 2. The van der Waals surface area contributed by atoms with E-state index in [1.165, 1.54) is 11.3 Å². The number of hydrogen-bond acceptors (Lipinski definition) is 4. The molecule has 0 radical (unpaired) electrons. The summed E-state index contributed by atoms with van der Waals surface area (Å²) in [5.41, 5.74) is 2.66. The Bertz CT molecular complexity index is 565. The highest BCUT2D eigenvalue weighted by Gasteiger charge is 2.19. The maximum Gasteiger partial charge on any atom is 0.315 e. The van der Waals surface area contributed by atoms with E-state index in [0.717, 1.165) is 30.9 Å². The van der Waals surface area contributed by atoms with E-state index < -0.39 is 0 Å². The minimum atomic E-state index is -0.130. The molecule has 3 rings (SSSR count). The molecule has 1 aliphatic heterocycles. The Morgan fingerprint density at radius 3 is 3.25 bits per heavy atom. The number of nitrogens with one attached hydrogen (secondary N) is 2. The smallest absolute Gasteiger partial charge is 0.315 e. The maximum atomic E-state index is 11.7. The summed E-state index contributed by atoms with van der Waals surface area (Å²) in [6, 6.07) is -0.130. The minimum Gasteiger partial charge on any atom is -0.338 e. The zero-order valence-electron chi connectivity index (χ0n) is 11.1. The second kappa shape index (κ2) is 6.04. The Labute approximate surface area is 121 Å². The molecule has 2 aromatic rings. The number of imidazole rings is 1. The molecule has 2 aromatic heterocycles. The van der Waals surface area contributed by atoms with Crippen LogP contribution in [0.2, 0.25) is 0 Å². The molecule has 0 aromatic carbocycles. The Morgan fingerprint density at radius 2 is 2.40 bits per heavy atom. The molecule has 1 atom stereocenters. The largest absolute Gasteiger partial charge is 0.338 e. The number of carbonyl (C=O) groups is 1. The third-order valence-electron chi connectivity index (χ3n) is 3.50. The van der Waals surface area contributed by atoms with E-state index in [0.29, 0.717) is 19.0 Å². The molecule has 20 heavy (non-hydrogen) atoms. The Balaban J connectivity index is 1.40. The molecular weight excluding hydrogens is 274 g/mol. The standard InChI is InChI=1S/C13H17N5OS/c19-13(16-6-11-8-20-9-17-11)15-5-10-1-2-12-14-3-4-18(12)7-10/h3-4,8-10H,1-2,5-7H2,(H2,15,16,19)/t10-/m0/s1. The Kier molecular flexibility index (Phi) is 3.96. The third kappa shape index (κ3) is 3.16. The van der Waals surface area contributed by atoms with Crippen LogP contribution in [0.25, 0.3) is 0 Å². The number of aromatic nitrogens is 3. The first-order chi connectivity index (χ1) is 9.81. The molecule has 106 valence electrons. The van der Waals surface area contributed by atoms with Gasteiger partial charge in [0.1, 0.15) is 5.82 Å². The Morgan fingerprint density at radius 1 is 1.45 bits per heavy atom. The molecule has 0 saturated heterocycles. The molecule has 2 amide bonds. The van der Waals surface area contributed by atoms with Crippen LogP contribution in [0, 0.1) is 5.92 Å². The number of fused-ring (bicyclic) bond motifs is 1. The van der Waals surface area contributed by atoms with Crippen LogP contribution in [-0.2, 0) is 19.5 Å². The van der Waals surface area contributed by atoms with E-state index in [-0.39, 0.29) is 6.03 Å². The van der Waals surface area contributed by atoms with Crippen molar-refractivity contribution in [1.29, 1.82) is 0 Å². The molecule has 2 N–H and O–H groups in total. The van der Waals surface area contributed by atoms with Crippen LogP contribution in [0.5, 0.6) is 0 Å². The van der Waals surface area contributed by atoms with Gasteiger partial charge in [-0.15, -0.1) is 11.3 Å². The monoisotopic (exact) mass is 291 g/mol. The normalized spacial score (nSPS) is 17.5. The molecule has 0 saturated carbocycles. The topological polar surface area (TPSA) is 71.8 Å². The van der Waals surface area contributed by atoms with Crippen LogP contribution in [0.4, 0.5) is 4.79 Å². The average Bonchev–Trinajstić information content (AvgIpc) is 3.13. The second-order valence-electron chi connectivity index (χ2n) is 4.94. The van der Waals surface area contributed by atoms with E-state index in [1.54, 1.807) is 5.51 Å². The fourth-order valence-corrected chi connectivity index (χ4v) is 2.96.